The molecule has 0 bridgehead atoms. The highest BCUT2D eigenvalue weighted by molar-refractivity contribution is 7.99. The van der Waals surface area contributed by atoms with Gasteiger partial charge in [-0.1, -0.05) is 59.8 Å². The Morgan fingerprint density at radius 2 is 1.83 bits per heavy atom. The van der Waals surface area contributed by atoms with Crippen LogP contribution in [0, 0.1) is 11.3 Å². The molecule has 0 saturated heterocycles. The Kier molecular flexibility index (Phi) is 5.58. The second-order valence-electron chi connectivity index (χ2n) is 6.48. The molecule has 1 heterocycles. The van der Waals surface area contributed by atoms with E-state index in [1.807, 2.05) is 12.1 Å². The van der Waals surface area contributed by atoms with Crippen molar-refractivity contribution < 1.29 is 14.3 Å². The van der Waals surface area contributed by atoms with Gasteiger partial charge < -0.3 is 4.74 Å². The van der Waals surface area contributed by atoms with Gasteiger partial charge in [0.25, 0.3) is 0 Å². The van der Waals surface area contributed by atoms with Crippen molar-refractivity contribution in [1.82, 2.24) is 4.98 Å². The van der Waals surface area contributed by atoms with Crippen LogP contribution in [0.5, 0.6) is 0 Å². The average Bonchev–Trinajstić information content (AvgIpc) is 3.04. The highest BCUT2D eigenvalue weighted by atomic mass is 35.5. The molecule has 3 aromatic rings. The van der Waals surface area contributed by atoms with Gasteiger partial charge in [0.15, 0.2) is 5.78 Å². The first-order valence-electron chi connectivity index (χ1n) is 9.21. The molecular weight excluding hydrogens is 420 g/mol. The molecule has 1 aromatic heterocycles. The molecular formula is C23H15ClN2O3S. The van der Waals surface area contributed by atoms with Crippen LogP contribution in [-0.2, 0) is 9.53 Å². The van der Waals surface area contributed by atoms with E-state index in [-0.39, 0.29) is 23.7 Å². The molecule has 0 fully saturated rings. The van der Waals surface area contributed by atoms with Crippen LogP contribution in [0.25, 0.3) is 22.4 Å². The number of halogens is 1. The summed E-state index contributed by atoms with van der Waals surface area (Å²) in [7, 11) is 0. The largest absolute Gasteiger partial charge is 0.465 e. The van der Waals surface area contributed by atoms with Gasteiger partial charge in [-0.05, 0) is 24.6 Å². The minimum atomic E-state index is -0.391. The highest BCUT2D eigenvalue weighted by Gasteiger charge is 2.34. The molecule has 0 aliphatic heterocycles. The highest BCUT2D eigenvalue weighted by Crippen LogP contribution is 2.44. The van der Waals surface area contributed by atoms with Gasteiger partial charge >= 0.3 is 5.97 Å². The Hall–Kier alpha value is -3.14. The normalized spacial score (nSPS) is 11.6. The number of ether oxygens (including phenoxy) is 1. The summed E-state index contributed by atoms with van der Waals surface area (Å²) in [6.45, 7) is 2.01. The topological polar surface area (TPSA) is 80.0 Å². The van der Waals surface area contributed by atoms with E-state index < -0.39 is 5.97 Å². The fourth-order valence-electron chi connectivity index (χ4n) is 3.45. The summed E-state index contributed by atoms with van der Waals surface area (Å²) in [4.78, 5) is 29.7. The lowest BCUT2D eigenvalue weighted by Crippen LogP contribution is -2.08. The van der Waals surface area contributed by atoms with Gasteiger partial charge in [-0.2, -0.15) is 5.26 Å². The van der Waals surface area contributed by atoms with Crippen LogP contribution in [0.3, 0.4) is 0 Å². The smallest absolute Gasteiger partial charge is 0.316 e. The van der Waals surface area contributed by atoms with Crippen molar-refractivity contribution in [3.8, 4) is 28.5 Å². The summed E-state index contributed by atoms with van der Waals surface area (Å²) in [5, 5.41) is 10.9. The number of esters is 1. The van der Waals surface area contributed by atoms with Crippen molar-refractivity contribution in [3.63, 3.8) is 0 Å². The molecule has 148 valence electrons. The van der Waals surface area contributed by atoms with E-state index in [4.69, 9.17) is 16.3 Å². The zero-order chi connectivity index (χ0) is 21.3. The molecule has 0 spiro atoms. The Morgan fingerprint density at radius 1 is 1.13 bits per heavy atom. The summed E-state index contributed by atoms with van der Waals surface area (Å²) in [5.41, 5.74) is 3.63. The number of carbonyl (C=O) groups excluding carboxylic acids is 2. The number of hydrogen-bond donors (Lipinski definition) is 0. The van der Waals surface area contributed by atoms with E-state index in [0.717, 1.165) is 17.3 Å². The Balaban J connectivity index is 1.95. The van der Waals surface area contributed by atoms with Crippen LogP contribution in [0.4, 0.5) is 0 Å². The maximum atomic E-state index is 13.2. The first-order valence-corrected chi connectivity index (χ1v) is 10.6. The lowest BCUT2D eigenvalue weighted by Gasteiger charge is -2.14. The number of fused-ring (bicyclic) bond motifs is 3. The first kappa shape index (κ1) is 20.1. The molecule has 5 nitrogen and oxygen atoms in total. The SMILES string of the molecule is CCOC(=O)CSc1nc2c(c(-c3ccc(Cl)cc3)c1C#N)C(=O)c1ccccc1-2. The maximum absolute atomic E-state index is 13.2. The monoisotopic (exact) mass is 434 g/mol. The van der Waals surface area contributed by atoms with Gasteiger partial charge in [-0.3, -0.25) is 9.59 Å². The molecule has 1 aliphatic carbocycles. The quantitative estimate of drug-likeness (QED) is 0.319. The molecule has 0 atom stereocenters. The average molecular weight is 435 g/mol. The minimum Gasteiger partial charge on any atom is -0.465 e. The summed E-state index contributed by atoms with van der Waals surface area (Å²) in [6, 6.07) is 16.4. The number of pyridine rings is 1. The van der Waals surface area contributed by atoms with Crippen LogP contribution in [-0.4, -0.2) is 29.1 Å². The number of hydrogen-bond acceptors (Lipinski definition) is 6. The van der Waals surface area contributed by atoms with Crippen LogP contribution in [0.15, 0.2) is 53.6 Å². The summed E-state index contributed by atoms with van der Waals surface area (Å²) in [5.74, 6) is -0.543. The molecule has 1 aliphatic rings. The fraction of sp³-hybridized carbons (Fsp3) is 0.130. The number of nitrogens with zero attached hydrogens (tertiary/aromatic N) is 2. The molecule has 30 heavy (non-hydrogen) atoms. The van der Waals surface area contributed by atoms with Gasteiger partial charge in [0.2, 0.25) is 0 Å². The van der Waals surface area contributed by atoms with Crippen LogP contribution in [0.1, 0.15) is 28.4 Å². The van der Waals surface area contributed by atoms with E-state index >= 15 is 0 Å². The number of rotatable bonds is 5. The molecule has 0 unspecified atom stereocenters. The second-order valence-corrected chi connectivity index (χ2v) is 7.88. The molecule has 4 rings (SSSR count). The zero-order valence-electron chi connectivity index (χ0n) is 15.9. The van der Waals surface area contributed by atoms with Gasteiger partial charge in [0, 0.05) is 21.7 Å². The third kappa shape index (κ3) is 3.47. The number of carbonyl (C=O) groups is 2. The minimum absolute atomic E-state index is 0.0178. The van der Waals surface area contributed by atoms with Crippen LogP contribution >= 0.6 is 23.4 Å². The predicted molar refractivity (Wildman–Crippen MR) is 116 cm³/mol. The number of benzene rings is 2. The van der Waals surface area contributed by atoms with Gasteiger partial charge in [0.05, 0.1) is 29.2 Å². The summed E-state index contributed by atoms with van der Waals surface area (Å²) >= 11 is 7.17. The Morgan fingerprint density at radius 3 is 2.50 bits per heavy atom. The fourth-order valence-corrected chi connectivity index (χ4v) is 4.36. The third-order valence-electron chi connectivity index (χ3n) is 4.69. The van der Waals surface area contributed by atoms with Gasteiger partial charge in [0.1, 0.15) is 11.1 Å². The van der Waals surface area contributed by atoms with E-state index in [0.29, 0.717) is 38.0 Å². The lowest BCUT2D eigenvalue weighted by molar-refractivity contribution is -0.139. The van der Waals surface area contributed by atoms with E-state index in [1.54, 1.807) is 43.3 Å². The van der Waals surface area contributed by atoms with E-state index in [2.05, 4.69) is 11.1 Å². The molecule has 7 heteroatoms. The first-order chi connectivity index (χ1) is 14.5. The number of nitriles is 1. The van der Waals surface area contributed by atoms with Crippen molar-refractivity contribution in [1.29, 1.82) is 5.26 Å². The number of aromatic nitrogens is 1. The Labute approximate surface area is 182 Å². The van der Waals surface area contributed by atoms with Crippen molar-refractivity contribution >= 4 is 35.1 Å². The van der Waals surface area contributed by atoms with Crippen molar-refractivity contribution in [2.45, 2.75) is 11.9 Å². The maximum Gasteiger partial charge on any atom is 0.316 e. The zero-order valence-corrected chi connectivity index (χ0v) is 17.5. The predicted octanol–water partition coefficient (Wildman–Crippen LogP) is 5.14. The summed E-state index contributed by atoms with van der Waals surface area (Å²) in [6.07, 6.45) is 0. The molecule has 0 amide bonds. The summed E-state index contributed by atoms with van der Waals surface area (Å²) < 4.78 is 4.99. The van der Waals surface area contributed by atoms with Gasteiger partial charge in [-0.25, -0.2) is 4.98 Å². The third-order valence-corrected chi connectivity index (χ3v) is 5.90. The van der Waals surface area contributed by atoms with Crippen molar-refractivity contribution in [2.75, 3.05) is 12.4 Å². The van der Waals surface area contributed by atoms with E-state index in [9.17, 15) is 14.9 Å². The van der Waals surface area contributed by atoms with E-state index in [1.165, 1.54) is 0 Å². The van der Waals surface area contributed by atoms with Crippen molar-refractivity contribution in [3.05, 3.63) is 70.2 Å². The van der Waals surface area contributed by atoms with Crippen LogP contribution < -0.4 is 0 Å². The van der Waals surface area contributed by atoms with Gasteiger partial charge in [-0.15, -0.1) is 0 Å². The van der Waals surface area contributed by atoms with Crippen molar-refractivity contribution in [2.24, 2.45) is 0 Å². The molecule has 2 aromatic carbocycles. The molecule has 0 saturated carbocycles. The standard InChI is InChI=1S/C23H15ClN2O3S/c1-2-29-18(27)12-30-23-17(11-25)19(13-7-9-14(24)10-8-13)20-21(26-23)15-5-3-4-6-16(15)22(20)28/h3-10H,2,12H2,1H3. The Bertz CT molecular complexity index is 1220. The number of thioether (sulfide) groups is 1. The second kappa shape index (κ2) is 8.31. The number of ketones is 1. The molecule has 0 radical (unpaired) electrons. The van der Waals surface area contributed by atoms with Crippen LogP contribution in [0.2, 0.25) is 5.02 Å². The molecule has 0 N–H and O–H groups in total. The lowest BCUT2D eigenvalue weighted by atomic mass is 9.94.